The summed E-state index contributed by atoms with van der Waals surface area (Å²) in [5.41, 5.74) is -1.43. The number of fused-ring (bicyclic) bond motifs is 1. The first kappa shape index (κ1) is 20.6. The Labute approximate surface area is 166 Å². The van der Waals surface area contributed by atoms with Crippen LogP contribution < -0.4 is 11.2 Å². The zero-order valence-electron chi connectivity index (χ0n) is 14.6. The Balaban J connectivity index is 1.49. The van der Waals surface area contributed by atoms with Crippen LogP contribution in [0.25, 0.3) is 0 Å². The number of phosphoric ester groups is 1. The number of H-pyrrole nitrogens is 1. The molecule has 3 saturated heterocycles. The maximum absolute atomic E-state index is 15.0. The summed E-state index contributed by atoms with van der Waals surface area (Å²) in [6, 6.07) is 1.08. The molecule has 0 amide bonds. The number of aromatic amines is 1. The highest BCUT2D eigenvalue weighted by Gasteiger charge is 2.55. The lowest BCUT2D eigenvalue weighted by Gasteiger charge is -2.35. The van der Waals surface area contributed by atoms with Crippen molar-refractivity contribution in [1.82, 2.24) is 9.55 Å². The molecule has 7 atom stereocenters. The fourth-order valence-corrected chi connectivity index (χ4v) is 7.30. The monoisotopic (exact) mass is 456 g/mol. The molecular formula is C14H18FN2O8PS2. The molecule has 2 unspecified atom stereocenters. The number of hydrogen-bond donors (Lipinski definition) is 1. The van der Waals surface area contributed by atoms with Gasteiger partial charge in [-0.2, -0.15) is 0 Å². The van der Waals surface area contributed by atoms with E-state index in [1.807, 2.05) is 4.98 Å². The summed E-state index contributed by atoms with van der Waals surface area (Å²) in [5.74, 6) is 1.16. The Bertz CT molecular complexity index is 883. The first-order chi connectivity index (χ1) is 13.4. The minimum atomic E-state index is -4.05. The summed E-state index contributed by atoms with van der Waals surface area (Å²) in [6.45, 7) is -0.219. The molecule has 0 bridgehead atoms. The summed E-state index contributed by atoms with van der Waals surface area (Å²) >= 11 is 0. The maximum atomic E-state index is 15.0. The van der Waals surface area contributed by atoms with Gasteiger partial charge in [0.25, 0.3) is 5.56 Å². The molecule has 1 aromatic rings. The van der Waals surface area contributed by atoms with Crippen molar-refractivity contribution < 1.29 is 32.0 Å². The standard InChI is InChI=1S/C14H18FN2O8PS2/c1-21-8-5-27-28-6-9(8)24-26(20)22-4-7-12(25-26)11(15)13(23-7)17-3-2-10(18)16-14(17)19/h2-3,7-9,11-13H,4-6H2,1H3,(H,16,18,19)/t7-,8-,9?,11+,12-,13-,26?/m1/s1. The number of halogens is 1. The lowest BCUT2D eigenvalue weighted by atomic mass is 10.1. The lowest BCUT2D eigenvalue weighted by Crippen LogP contribution is -2.41. The summed E-state index contributed by atoms with van der Waals surface area (Å²) in [7, 11) is 0.638. The van der Waals surface area contributed by atoms with Gasteiger partial charge in [-0.05, 0) is 0 Å². The van der Waals surface area contributed by atoms with Crippen LogP contribution in [0.5, 0.6) is 0 Å². The predicted molar refractivity (Wildman–Crippen MR) is 99.1 cm³/mol. The van der Waals surface area contributed by atoms with E-state index in [1.165, 1.54) is 7.11 Å². The largest absolute Gasteiger partial charge is 0.475 e. The van der Waals surface area contributed by atoms with Gasteiger partial charge in [0.2, 0.25) is 0 Å². The van der Waals surface area contributed by atoms with Crippen LogP contribution in [0.15, 0.2) is 21.9 Å². The third-order valence-electron chi connectivity index (χ3n) is 4.57. The molecule has 0 spiro atoms. The molecule has 4 heterocycles. The number of rotatable bonds is 4. The van der Waals surface area contributed by atoms with Crippen LogP contribution in [0.3, 0.4) is 0 Å². The second-order valence-electron chi connectivity index (χ2n) is 6.33. The highest BCUT2D eigenvalue weighted by molar-refractivity contribution is 8.76. The first-order valence-corrected chi connectivity index (χ1v) is 12.3. The van der Waals surface area contributed by atoms with Crippen molar-refractivity contribution in [2.24, 2.45) is 0 Å². The highest BCUT2D eigenvalue weighted by Crippen LogP contribution is 2.58. The van der Waals surface area contributed by atoms with Gasteiger partial charge in [-0.25, -0.2) is 13.8 Å². The van der Waals surface area contributed by atoms with Crippen LogP contribution in [-0.4, -0.2) is 65.4 Å². The Kier molecular flexibility index (Phi) is 6.05. The van der Waals surface area contributed by atoms with Crippen molar-refractivity contribution in [1.29, 1.82) is 0 Å². The van der Waals surface area contributed by atoms with E-state index in [1.54, 1.807) is 21.6 Å². The molecule has 3 aliphatic heterocycles. The third kappa shape index (κ3) is 3.99. The molecule has 4 rings (SSSR count). The van der Waals surface area contributed by atoms with E-state index in [0.717, 1.165) is 16.8 Å². The van der Waals surface area contributed by atoms with Gasteiger partial charge in [0, 0.05) is 30.9 Å². The van der Waals surface area contributed by atoms with Crippen LogP contribution >= 0.6 is 29.4 Å². The van der Waals surface area contributed by atoms with E-state index in [-0.39, 0.29) is 12.7 Å². The molecule has 0 aliphatic carbocycles. The maximum Gasteiger partial charge on any atom is 0.475 e. The van der Waals surface area contributed by atoms with Crippen LogP contribution in [0.2, 0.25) is 0 Å². The van der Waals surface area contributed by atoms with Crippen molar-refractivity contribution in [2.75, 3.05) is 25.2 Å². The second kappa shape index (κ2) is 8.23. The van der Waals surface area contributed by atoms with E-state index in [2.05, 4.69) is 0 Å². The zero-order valence-corrected chi connectivity index (χ0v) is 17.1. The topological polar surface area (TPSA) is 118 Å². The Morgan fingerprint density at radius 3 is 2.79 bits per heavy atom. The van der Waals surface area contributed by atoms with Gasteiger partial charge in [-0.15, -0.1) is 0 Å². The Morgan fingerprint density at radius 2 is 2.07 bits per heavy atom. The van der Waals surface area contributed by atoms with E-state index in [9.17, 15) is 18.5 Å². The van der Waals surface area contributed by atoms with Gasteiger partial charge >= 0.3 is 13.5 Å². The first-order valence-electron chi connectivity index (χ1n) is 8.40. The number of hydrogen-bond acceptors (Lipinski definition) is 10. The third-order valence-corrected chi connectivity index (χ3v) is 8.48. The van der Waals surface area contributed by atoms with Crippen molar-refractivity contribution in [3.8, 4) is 0 Å². The predicted octanol–water partition coefficient (Wildman–Crippen LogP) is 1.09. The van der Waals surface area contributed by atoms with Crippen LogP contribution in [0.4, 0.5) is 4.39 Å². The van der Waals surface area contributed by atoms with Crippen molar-refractivity contribution in [3.05, 3.63) is 33.1 Å². The number of phosphoric acid groups is 1. The smallest absolute Gasteiger partial charge is 0.378 e. The Morgan fingerprint density at radius 1 is 1.32 bits per heavy atom. The molecule has 10 nitrogen and oxygen atoms in total. The molecule has 1 aromatic heterocycles. The quantitative estimate of drug-likeness (QED) is 0.521. The van der Waals surface area contributed by atoms with Gasteiger partial charge in [0.1, 0.15) is 18.3 Å². The summed E-state index contributed by atoms with van der Waals surface area (Å²) in [6.07, 6.45) is -4.97. The number of methoxy groups -OCH3 is 1. The normalized spacial score (nSPS) is 40.9. The molecule has 28 heavy (non-hydrogen) atoms. The summed E-state index contributed by atoms with van der Waals surface area (Å²) < 4.78 is 55.9. The SMILES string of the molecule is CO[C@@H]1CSSCC1OP1(=O)OC[C@H]2O[C@@H](n3ccc(=O)[nH]c3=O)[C@@H](F)[C@@H]2O1. The van der Waals surface area contributed by atoms with E-state index < -0.39 is 49.8 Å². The van der Waals surface area contributed by atoms with Gasteiger partial charge in [-0.3, -0.25) is 27.9 Å². The fourth-order valence-electron chi connectivity index (χ4n) is 3.13. The molecule has 0 radical (unpaired) electrons. The van der Waals surface area contributed by atoms with Gasteiger partial charge in [0.05, 0.1) is 12.7 Å². The van der Waals surface area contributed by atoms with E-state index >= 15 is 0 Å². The summed E-state index contributed by atoms with van der Waals surface area (Å²) in [4.78, 5) is 25.2. The molecule has 0 saturated carbocycles. The number of nitrogens with one attached hydrogen (secondary N) is 1. The number of aromatic nitrogens is 2. The molecule has 3 aliphatic rings. The minimum absolute atomic E-state index is 0.219. The fraction of sp³-hybridized carbons (Fsp3) is 0.714. The van der Waals surface area contributed by atoms with Crippen molar-refractivity contribution in [2.45, 2.75) is 36.8 Å². The van der Waals surface area contributed by atoms with Crippen molar-refractivity contribution in [3.63, 3.8) is 0 Å². The highest BCUT2D eigenvalue weighted by atomic mass is 33.1. The molecule has 3 fully saturated rings. The Hall–Kier alpha value is -0.660. The molecule has 14 heteroatoms. The average Bonchev–Trinajstić information content (AvgIpc) is 2.98. The van der Waals surface area contributed by atoms with Gasteiger partial charge in [-0.1, -0.05) is 21.6 Å². The van der Waals surface area contributed by atoms with Crippen LogP contribution in [-0.2, 0) is 27.6 Å². The van der Waals surface area contributed by atoms with E-state index in [4.69, 9.17) is 23.0 Å². The number of alkyl halides is 1. The van der Waals surface area contributed by atoms with Crippen LogP contribution in [0.1, 0.15) is 6.23 Å². The average molecular weight is 456 g/mol. The van der Waals surface area contributed by atoms with Crippen molar-refractivity contribution >= 4 is 29.4 Å². The van der Waals surface area contributed by atoms with Gasteiger partial charge < -0.3 is 9.47 Å². The second-order valence-corrected chi connectivity index (χ2v) is 10.5. The molecule has 1 N–H and O–H groups in total. The lowest BCUT2D eigenvalue weighted by molar-refractivity contribution is -0.0823. The summed E-state index contributed by atoms with van der Waals surface area (Å²) in [5, 5.41) is 0. The minimum Gasteiger partial charge on any atom is -0.378 e. The number of ether oxygens (including phenoxy) is 2. The number of nitrogens with zero attached hydrogens (tertiary/aromatic N) is 1. The van der Waals surface area contributed by atoms with E-state index in [0.29, 0.717) is 11.5 Å². The molecule has 0 aromatic carbocycles. The zero-order chi connectivity index (χ0) is 19.9. The van der Waals surface area contributed by atoms with Gasteiger partial charge in [0.15, 0.2) is 12.4 Å². The molecular weight excluding hydrogens is 438 g/mol. The van der Waals surface area contributed by atoms with Crippen LogP contribution in [0, 0.1) is 0 Å². The molecule has 156 valence electrons.